The Morgan fingerprint density at radius 2 is 1.58 bits per heavy atom. The highest BCUT2D eigenvalue weighted by Gasteiger charge is 2.30. The molecule has 0 bridgehead atoms. The van der Waals surface area contributed by atoms with Crippen LogP contribution in [0.1, 0.15) is 51.7 Å². The summed E-state index contributed by atoms with van der Waals surface area (Å²) in [6, 6.07) is 15.2. The Hall–Kier alpha value is -3.96. The van der Waals surface area contributed by atoms with Gasteiger partial charge in [-0.25, -0.2) is 9.97 Å². The van der Waals surface area contributed by atoms with Gasteiger partial charge >= 0.3 is 12.1 Å². The zero-order valence-corrected chi connectivity index (χ0v) is 24.0. The maximum Gasteiger partial charge on any atom is 0.416 e. The molecule has 226 valence electrons. The van der Waals surface area contributed by atoms with Gasteiger partial charge in [0.1, 0.15) is 5.52 Å². The average molecular weight is 594 g/mol. The summed E-state index contributed by atoms with van der Waals surface area (Å²) < 4.78 is 49.5. The summed E-state index contributed by atoms with van der Waals surface area (Å²) in [5, 5.41) is 0. The molecule has 0 aliphatic carbocycles. The molecule has 43 heavy (non-hydrogen) atoms. The first-order valence-electron chi connectivity index (χ1n) is 14.5. The molecule has 4 aromatic rings. The molecule has 2 saturated heterocycles. The largest absolute Gasteiger partial charge is 0.481 e. The number of nitrogens with zero attached hydrogens (tertiary/aromatic N) is 5. The highest BCUT2D eigenvalue weighted by molar-refractivity contribution is 5.92. The van der Waals surface area contributed by atoms with Gasteiger partial charge in [-0.3, -0.25) is 14.6 Å². The number of piperidine rings is 1. The number of fused-ring (bicyclic) bond motifs is 1. The van der Waals surface area contributed by atoms with E-state index in [1.807, 2.05) is 24.4 Å². The fourth-order valence-electron chi connectivity index (χ4n) is 5.90. The SMILES string of the molecule is COc1ccc(CN2CCC(c3ccc4oc(C(=O)N5CCN(Cc6ccc(C(F)(F)F)cc6)CC5)nc4c3)CC2)cn1. The number of hydrogen-bond donors (Lipinski definition) is 0. The molecular formula is C32H34F3N5O3. The van der Waals surface area contributed by atoms with Crippen LogP contribution < -0.4 is 4.74 Å². The van der Waals surface area contributed by atoms with Crippen molar-refractivity contribution >= 4 is 17.0 Å². The standard InChI is InChI=1S/C32H34F3N5O3/c1-42-29-9-4-23(19-36-29)21-38-12-10-24(11-13-38)25-5-8-28-27(18-25)37-30(43-28)31(41)40-16-14-39(15-17-40)20-22-2-6-26(7-3-22)32(33,34)35/h2-9,18-19,24H,10-17,20-21H2,1H3. The second-order valence-electron chi connectivity index (χ2n) is 11.3. The second-order valence-corrected chi connectivity index (χ2v) is 11.3. The number of oxazole rings is 1. The maximum atomic E-state index is 13.2. The van der Waals surface area contributed by atoms with Gasteiger partial charge in [0.05, 0.1) is 12.7 Å². The lowest BCUT2D eigenvalue weighted by atomic mass is 9.89. The molecule has 0 atom stereocenters. The molecule has 11 heteroatoms. The lowest BCUT2D eigenvalue weighted by Crippen LogP contribution is -2.48. The quantitative estimate of drug-likeness (QED) is 0.277. The summed E-state index contributed by atoms with van der Waals surface area (Å²) >= 11 is 0. The maximum absolute atomic E-state index is 13.2. The van der Waals surface area contributed by atoms with E-state index < -0.39 is 11.7 Å². The van der Waals surface area contributed by atoms with E-state index >= 15 is 0 Å². The van der Waals surface area contributed by atoms with Crippen molar-refractivity contribution in [2.24, 2.45) is 0 Å². The third-order valence-electron chi connectivity index (χ3n) is 8.41. The molecule has 2 fully saturated rings. The Morgan fingerprint density at radius 3 is 2.23 bits per heavy atom. The lowest BCUT2D eigenvalue weighted by molar-refractivity contribution is -0.137. The fourth-order valence-corrected chi connectivity index (χ4v) is 5.90. The van der Waals surface area contributed by atoms with E-state index in [2.05, 4.69) is 31.9 Å². The van der Waals surface area contributed by atoms with Crippen molar-refractivity contribution in [2.75, 3.05) is 46.4 Å². The highest BCUT2D eigenvalue weighted by atomic mass is 19.4. The number of carbonyl (C=O) groups excluding carboxylic acids is 1. The van der Waals surface area contributed by atoms with Crippen LogP contribution >= 0.6 is 0 Å². The predicted molar refractivity (Wildman–Crippen MR) is 155 cm³/mol. The van der Waals surface area contributed by atoms with E-state index in [4.69, 9.17) is 9.15 Å². The Morgan fingerprint density at radius 1 is 0.907 bits per heavy atom. The number of piperazine rings is 1. The second kappa shape index (κ2) is 12.3. The first kappa shape index (κ1) is 29.1. The third kappa shape index (κ3) is 6.83. The summed E-state index contributed by atoms with van der Waals surface area (Å²) in [4.78, 5) is 28.3. The number of benzene rings is 2. The van der Waals surface area contributed by atoms with Crippen LogP contribution in [0.25, 0.3) is 11.1 Å². The zero-order valence-electron chi connectivity index (χ0n) is 24.0. The minimum atomic E-state index is -4.34. The number of hydrogen-bond acceptors (Lipinski definition) is 7. The molecule has 0 unspecified atom stereocenters. The number of alkyl halides is 3. The first-order valence-corrected chi connectivity index (χ1v) is 14.5. The topological polar surface area (TPSA) is 74.9 Å². The molecule has 0 saturated carbocycles. The first-order chi connectivity index (χ1) is 20.7. The van der Waals surface area contributed by atoms with Gasteiger partial charge < -0.3 is 14.1 Å². The van der Waals surface area contributed by atoms with Crippen molar-refractivity contribution in [1.29, 1.82) is 0 Å². The van der Waals surface area contributed by atoms with Crippen LogP contribution in [-0.2, 0) is 19.3 Å². The Labute approximate surface area is 248 Å². The van der Waals surface area contributed by atoms with Crippen LogP contribution in [0.4, 0.5) is 13.2 Å². The number of methoxy groups -OCH3 is 1. The molecule has 1 amide bonds. The number of halogens is 3. The van der Waals surface area contributed by atoms with Crippen molar-refractivity contribution in [3.05, 3.63) is 88.9 Å². The molecule has 6 rings (SSSR count). The molecule has 0 spiro atoms. The van der Waals surface area contributed by atoms with Gasteiger partial charge in [0.25, 0.3) is 5.89 Å². The van der Waals surface area contributed by atoms with E-state index in [1.165, 1.54) is 23.3 Å². The van der Waals surface area contributed by atoms with Crippen LogP contribution in [0, 0.1) is 0 Å². The molecule has 2 aliphatic heterocycles. The summed E-state index contributed by atoms with van der Waals surface area (Å²) in [6.07, 6.45) is -0.401. The molecule has 2 aromatic heterocycles. The Bertz CT molecular complexity index is 1540. The number of rotatable bonds is 7. The van der Waals surface area contributed by atoms with Crippen LogP contribution in [0.2, 0.25) is 0 Å². The van der Waals surface area contributed by atoms with E-state index in [1.54, 1.807) is 12.0 Å². The number of pyridine rings is 1. The summed E-state index contributed by atoms with van der Waals surface area (Å²) in [5.74, 6) is 0.885. The molecule has 2 aliphatic rings. The van der Waals surface area contributed by atoms with Crippen molar-refractivity contribution in [1.82, 2.24) is 24.7 Å². The van der Waals surface area contributed by atoms with E-state index in [-0.39, 0.29) is 11.8 Å². The molecule has 8 nitrogen and oxygen atoms in total. The van der Waals surface area contributed by atoms with Gasteiger partial charge in [-0.15, -0.1) is 0 Å². The average Bonchev–Trinajstić information content (AvgIpc) is 3.45. The lowest BCUT2D eigenvalue weighted by Gasteiger charge is -2.34. The monoisotopic (exact) mass is 593 g/mol. The molecule has 0 radical (unpaired) electrons. The normalized spacial score (nSPS) is 17.4. The van der Waals surface area contributed by atoms with Gasteiger partial charge in [0.15, 0.2) is 5.58 Å². The minimum Gasteiger partial charge on any atom is -0.481 e. The number of amides is 1. The number of likely N-dealkylation sites (tertiary alicyclic amines) is 1. The van der Waals surface area contributed by atoms with Gasteiger partial charge in [-0.2, -0.15) is 13.2 Å². The smallest absolute Gasteiger partial charge is 0.416 e. The summed E-state index contributed by atoms with van der Waals surface area (Å²) in [7, 11) is 1.61. The van der Waals surface area contributed by atoms with E-state index in [0.717, 1.165) is 50.2 Å². The van der Waals surface area contributed by atoms with Gasteiger partial charge in [0.2, 0.25) is 5.88 Å². The van der Waals surface area contributed by atoms with Gasteiger partial charge in [0, 0.05) is 51.5 Å². The minimum absolute atomic E-state index is 0.0891. The van der Waals surface area contributed by atoms with Crippen LogP contribution in [0.3, 0.4) is 0 Å². The fraction of sp³-hybridized carbons (Fsp3) is 0.406. The highest BCUT2D eigenvalue weighted by Crippen LogP contribution is 2.32. The van der Waals surface area contributed by atoms with Crippen molar-refractivity contribution < 1.29 is 27.1 Å². The van der Waals surface area contributed by atoms with Crippen LogP contribution in [0.5, 0.6) is 5.88 Å². The molecule has 2 aromatic carbocycles. The predicted octanol–water partition coefficient (Wildman–Crippen LogP) is 5.59. The number of aromatic nitrogens is 2. The Kier molecular flexibility index (Phi) is 8.36. The third-order valence-corrected chi connectivity index (χ3v) is 8.41. The van der Waals surface area contributed by atoms with Crippen molar-refractivity contribution in [3.63, 3.8) is 0 Å². The van der Waals surface area contributed by atoms with Crippen LogP contribution in [-0.4, -0.2) is 77.0 Å². The molecule has 4 heterocycles. The molecular weight excluding hydrogens is 559 g/mol. The van der Waals surface area contributed by atoms with E-state index in [9.17, 15) is 18.0 Å². The number of ether oxygens (including phenoxy) is 1. The summed E-state index contributed by atoms with van der Waals surface area (Å²) in [6.45, 7) is 5.59. The summed E-state index contributed by atoms with van der Waals surface area (Å²) in [5.41, 5.74) is 3.82. The van der Waals surface area contributed by atoms with Crippen LogP contribution in [0.15, 0.2) is 65.2 Å². The van der Waals surface area contributed by atoms with Crippen molar-refractivity contribution in [3.8, 4) is 5.88 Å². The zero-order chi connectivity index (χ0) is 30.0. The van der Waals surface area contributed by atoms with E-state index in [0.29, 0.717) is 55.6 Å². The van der Waals surface area contributed by atoms with Crippen molar-refractivity contribution in [2.45, 2.75) is 38.0 Å². The molecule has 0 N–H and O–H groups in total. The Balaban J connectivity index is 1.01. The van der Waals surface area contributed by atoms with Gasteiger partial charge in [-0.1, -0.05) is 24.3 Å². The van der Waals surface area contributed by atoms with Gasteiger partial charge in [-0.05, 0) is 72.8 Å². The number of carbonyl (C=O) groups is 1.